The summed E-state index contributed by atoms with van der Waals surface area (Å²) in [6, 6.07) is 1.55. The molecule has 0 bridgehead atoms. The zero-order valence-electron chi connectivity index (χ0n) is 6.11. The van der Waals surface area contributed by atoms with Gasteiger partial charge >= 0.3 is 6.18 Å². The molecule has 1 heterocycles. The largest absolute Gasteiger partial charge is 0.433 e. The zero-order valence-corrected chi connectivity index (χ0v) is 8.27. The van der Waals surface area contributed by atoms with Crippen LogP contribution in [-0.2, 0) is 6.18 Å². The molecule has 12 heavy (non-hydrogen) atoms. The summed E-state index contributed by atoms with van der Waals surface area (Å²) in [5.41, 5.74) is -0.611. The molecule has 66 valence electrons. The third kappa shape index (κ3) is 1.88. The van der Waals surface area contributed by atoms with Crippen LogP contribution in [0.15, 0.2) is 12.3 Å². The van der Waals surface area contributed by atoms with Crippen LogP contribution in [0.4, 0.5) is 13.2 Å². The SMILES string of the molecule is Cc1c(I)ccnc1C(F)(F)F. The second kappa shape index (κ2) is 3.20. The van der Waals surface area contributed by atoms with Crippen LogP contribution in [0.3, 0.4) is 0 Å². The molecule has 1 rings (SSSR count). The van der Waals surface area contributed by atoms with E-state index in [1.165, 1.54) is 6.92 Å². The van der Waals surface area contributed by atoms with E-state index in [1.54, 1.807) is 6.07 Å². The Morgan fingerprint density at radius 2 is 2.00 bits per heavy atom. The van der Waals surface area contributed by atoms with Crippen LogP contribution >= 0.6 is 22.6 Å². The predicted molar refractivity (Wildman–Crippen MR) is 46.7 cm³/mol. The van der Waals surface area contributed by atoms with Crippen molar-refractivity contribution in [2.45, 2.75) is 13.1 Å². The van der Waals surface area contributed by atoms with Gasteiger partial charge in [0.15, 0.2) is 0 Å². The maximum absolute atomic E-state index is 12.2. The van der Waals surface area contributed by atoms with Gasteiger partial charge in [0.05, 0.1) is 0 Å². The maximum atomic E-state index is 12.2. The molecule has 0 atom stereocenters. The van der Waals surface area contributed by atoms with Gasteiger partial charge in [-0.1, -0.05) is 0 Å². The van der Waals surface area contributed by atoms with Gasteiger partial charge in [0.25, 0.3) is 0 Å². The van der Waals surface area contributed by atoms with Crippen molar-refractivity contribution in [3.63, 3.8) is 0 Å². The normalized spacial score (nSPS) is 11.8. The molecular weight excluding hydrogens is 282 g/mol. The highest BCUT2D eigenvalue weighted by atomic mass is 127. The Balaban J connectivity index is 3.26. The van der Waals surface area contributed by atoms with Gasteiger partial charge in [-0.05, 0) is 41.1 Å². The second-order valence-corrected chi connectivity index (χ2v) is 3.43. The minimum atomic E-state index is -4.34. The Morgan fingerprint density at radius 3 is 2.42 bits per heavy atom. The summed E-state index contributed by atoms with van der Waals surface area (Å²) in [5.74, 6) is 0. The average Bonchev–Trinajstić information content (AvgIpc) is 1.92. The standard InChI is InChI=1S/C7H5F3IN/c1-4-5(11)2-3-12-6(4)7(8,9)10/h2-3H,1H3. The molecule has 1 aromatic heterocycles. The smallest absolute Gasteiger partial charge is 0.251 e. The Kier molecular flexibility index (Phi) is 2.60. The fourth-order valence-corrected chi connectivity index (χ4v) is 1.21. The number of alkyl halides is 3. The lowest BCUT2D eigenvalue weighted by Gasteiger charge is -2.08. The molecule has 0 radical (unpaired) electrons. The number of hydrogen-bond donors (Lipinski definition) is 0. The molecule has 0 saturated carbocycles. The summed E-state index contributed by atoms with van der Waals surface area (Å²) in [5, 5.41) is 0. The Bertz CT molecular complexity index is 295. The first-order chi connectivity index (χ1) is 5.43. The molecule has 0 saturated heterocycles. The van der Waals surface area contributed by atoms with Crippen LogP contribution in [0.5, 0.6) is 0 Å². The highest BCUT2D eigenvalue weighted by molar-refractivity contribution is 14.1. The molecule has 0 amide bonds. The fraction of sp³-hybridized carbons (Fsp3) is 0.286. The van der Waals surface area contributed by atoms with Crippen molar-refractivity contribution in [1.82, 2.24) is 4.98 Å². The van der Waals surface area contributed by atoms with E-state index in [0.29, 0.717) is 3.57 Å². The number of rotatable bonds is 0. The third-order valence-corrected chi connectivity index (χ3v) is 2.58. The molecule has 0 N–H and O–H groups in total. The summed E-state index contributed by atoms with van der Waals surface area (Å²) < 4.78 is 37.1. The monoisotopic (exact) mass is 287 g/mol. The van der Waals surface area contributed by atoms with Crippen molar-refractivity contribution in [3.05, 3.63) is 27.1 Å². The lowest BCUT2D eigenvalue weighted by molar-refractivity contribution is -0.141. The highest BCUT2D eigenvalue weighted by Gasteiger charge is 2.34. The van der Waals surface area contributed by atoms with E-state index in [4.69, 9.17) is 0 Å². The molecular formula is C7H5F3IN. The van der Waals surface area contributed by atoms with Crippen molar-refractivity contribution >= 4 is 22.6 Å². The van der Waals surface area contributed by atoms with Crippen LogP contribution in [0, 0.1) is 10.5 Å². The summed E-state index contributed by atoms with van der Waals surface area (Å²) >= 11 is 1.85. The Labute approximate surface area is 81.1 Å². The summed E-state index contributed by atoms with van der Waals surface area (Å²) in [7, 11) is 0. The van der Waals surface area contributed by atoms with E-state index in [-0.39, 0.29) is 5.56 Å². The van der Waals surface area contributed by atoms with E-state index in [2.05, 4.69) is 4.98 Å². The van der Waals surface area contributed by atoms with Crippen molar-refractivity contribution in [2.24, 2.45) is 0 Å². The van der Waals surface area contributed by atoms with Crippen molar-refractivity contribution in [3.8, 4) is 0 Å². The summed E-state index contributed by atoms with van der Waals surface area (Å²) in [6.45, 7) is 1.41. The number of hydrogen-bond acceptors (Lipinski definition) is 1. The fourth-order valence-electron chi connectivity index (χ4n) is 0.798. The maximum Gasteiger partial charge on any atom is 0.433 e. The van der Waals surface area contributed by atoms with Crippen LogP contribution in [0.25, 0.3) is 0 Å². The summed E-state index contributed by atoms with van der Waals surface area (Å²) in [4.78, 5) is 3.28. The minimum absolute atomic E-state index is 0.186. The van der Waals surface area contributed by atoms with Gasteiger partial charge in [0.2, 0.25) is 0 Å². The lowest BCUT2D eigenvalue weighted by atomic mass is 10.2. The van der Waals surface area contributed by atoms with Gasteiger partial charge in [-0.25, -0.2) is 0 Å². The van der Waals surface area contributed by atoms with Crippen LogP contribution in [0.2, 0.25) is 0 Å². The Hall–Kier alpha value is -0.330. The van der Waals surface area contributed by atoms with Gasteiger partial charge in [0.1, 0.15) is 5.69 Å². The van der Waals surface area contributed by atoms with Gasteiger partial charge in [-0.15, -0.1) is 0 Å². The first kappa shape index (κ1) is 9.76. The molecule has 0 fully saturated rings. The molecule has 0 unspecified atom stereocenters. The first-order valence-electron chi connectivity index (χ1n) is 3.11. The molecule has 1 aromatic rings. The van der Waals surface area contributed by atoms with Gasteiger partial charge in [0, 0.05) is 9.77 Å². The second-order valence-electron chi connectivity index (χ2n) is 2.26. The zero-order chi connectivity index (χ0) is 9.35. The Morgan fingerprint density at radius 1 is 1.42 bits per heavy atom. The number of aromatic nitrogens is 1. The minimum Gasteiger partial charge on any atom is -0.251 e. The molecule has 1 nitrogen and oxygen atoms in total. The van der Waals surface area contributed by atoms with Gasteiger partial charge < -0.3 is 0 Å². The van der Waals surface area contributed by atoms with E-state index in [9.17, 15) is 13.2 Å². The van der Waals surface area contributed by atoms with Crippen LogP contribution in [0.1, 0.15) is 11.3 Å². The van der Waals surface area contributed by atoms with Crippen LogP contribution < -0.4 is 0 Å². The molecule has 0 aliphatic carbocycles. The number of halogens is 4. The average molecular weight is 287 g/mol. The van der Waals surface area contributed by atoms with Crippen LogP contribution in [-0.4, -0.2) is 4.98 Å². The van der Waals surface area contributed by atoms with E-state index in [0.717, 1.165) is 6.20 Å². The third-order valence-electron chi connectivity index (χ3n) is 1.41. The van der Waals surface area contributed by atoms with Gasteiger partial charge in [-0.2, -0.15) is 13.2 Å². The summed E-state index contributed by atoms with van der Waals surface area (Å²) in [6.07, 6.45) is -3.18. The first-order valence-corrected chi connectivity index (χ1v) is 4.19. The topological polar surface area (TPSA) is 12.9 Å². The van der Waals surface area contributed by atoms with Crippen molar-refractivity contribution in [2.75, 3.05) is 0 Å². The molecule has 0 spiro atoms. The molecule has 5 heteroatoms. The van der Waals surface area contributed by atoms with Crippen molar-refractivity contribution < 1.29 is 13.2 Å². The van der Waals surface area contributed by atoms with Gasteiger partial charge in [-0.3, -0.25) is 4.98 Å². The number of nitrogens with zero attached hydrogens (tertiary/aromatic N) is 1. The number of pyridine rings is 1. The molecule has 0 aliphatic heterocycles. The van der Waals surface area contributed by atoms with E-state index in [1.807, 2.05) is 22.6 Å². The quantitative estimate of drug-likeness (QED) is 0.668. The molecule has 0 aromatic carbocycles. The van der Waals surface area contributed by atoms with Crippen molar-refractivity contribution in [1.29, 1.82) is 0 Å². The van der Waals surface area contributed by atoms with E-state index >= 15 is 0 Å². The molecule has 0 aliphatic rings. The van der Waals surface area contributed by atoms with E-state index < -0.39 is 11.9 Å². The highest BCUT2D eigenvalue weighted by Crippen LogP contribution is 2.31. The lowest BCUT2D eigenvalue weighted by Crippen LogP contribution is -2.10. The predicted octanol–water partition coefficient (Wildman–Crippen LogP) is 3.01.